The summed E-state index contributed by atoms with van der Waals surface area (Å²) >= 11 is 0. The average Bonchev–Trinajstić information content (AvgIpc) is 2.75. The first-order valence-corrected chi connectivity index (χ1v) is 5.93. The number of nitro groups is 1. The van der Waals surface area contributed by atoms with Crippen LogP contribution < -0.4 is 5.32 Å². The van der Waals surface area contributed by atoms with Gasteiger partial charge in [0.1, 0.15) is 23.6 Å². The average molecular weight is 246 g/mol. The molecule has 2 atom stereocenters. The highest BCUT2D eigenvalue weighted by Gasteiger charge is 2.24. The highest BCUT2D eigenvalue weighted by atomic mass is 16.6. The third-order valence-electron chi connectivity index (χ3n) is 3.39. The molecule has 1 aliphatic carbocycles. The maximum Gasteiger partial charge on any atom is 0.289 e. The Morgan fingerprint density at radius 2 is 2.39 bits per heavy atom. The van der Waals surface area contributed by atoms with Crippen molar-refractivity contribution in [3.63, 3.8) is 0 Å². The summed E-state index contributed by atoms with van der Waals surface area (Å²) < 4.78 is 0. The quantitative estimate of drug-likeness (QED) is 0.653. The molecule has 0 radical (unpaired) electrons. The van der Waals surface area contributed by atoms with E-state index in [1.165, 1.54) is 12.3 Å². The van der Waals surface area contributed by atoms with E-state index >= 15 is 0 Å². The number of nitriles is 1. The molecule has 1 N–H and O–H groups in total. The number of aromatic nitrogens is 1. The first kappa shape index (κ1) is 12.3. The predicted octanol–water partition coefficient (Wildman–Crippen LogP) is 2.46. The third-order valence-corrected chi connectivity index (χ3v) is 3.39. The predicted molar refractivity (Wildman–Crippen MR) is 66.0 cm³/mol. The van der Waals surface area contributed by atoms with Crippen LogP contribution >= 0.6 is 0 Å². The summed E-state index contributed by atoms with van der Waals surface area (Å²) in [7, 11) is 0. The molecule has 1 aliphatic rings. The van der Waals surface area contributed by atoms with Crippen molar-refractivity contribution in [3.05, 3.63) is 27.9 Å². The van der Waals surface area contributed by atoms with Crippen LogP contribution in [0.5, 0.6) is 0 Å². The fraction of sp³-hybridized carbons (Fsp3) is 0.500. The van der Waals surface area contributed by atoms with Crippen molar-refractivity contribution in [2.45, 2.75) is 32.2 Å². The number of rotatable bonds is 3. The van der Waals surface area contributed by atoms with Crippen molar-refractivity contribution >= 4 is 11.5 Å². The Bertz CT molecular complexity index is 509. The minimum Gasteiger partial charge on any atom is -0.366 e. The minimum absolute atomic E-state index is 0.156. The SMILES string of the molecule is CC1CCCC1Nc1ncc([N+](=O)[O-])cc1C#N. The van der Waals surface area contributed by atoms with E-state index in [1.807, 2.05) is 6.07 Å². The van der Waals surface area contributed by atoms with Crippen LogP contribution in [0, 0.1) is 27.4 Å². The van der Waals surface area contributed by atoms with Crippen LogP contribution in [0.1, 0.15) is 31.7 Å². The molecule has 1 heterocycles. The third kappa shape index (κ3) is 2.40. The van der Waals surface area contributed by atoms with Crippen molar-refractivity contribution in [2.75, 3.05) is 5.32 Å². The van der Waals surface area contributed by atoms with Crippen LogP contribution in [-0.2, 0) is 0 Å². The molecule has 0 amide bonds. The molecule has 1 fully saturated rings. The fourth-order valence-electron chi connectivity index (χ4n) is 2.29. The lowest BCUT2D eigenvalue weighted by Gasteiger charge is -2.18. The molecule has 18 heavy (non-hydrogen) atoms. The van der Waals surface area contributed by atoms with Gasteiger partial charge in [-0.2, -0.15) is 5.26 Å². The van der Waals surface area contributed by atoms with Crippen molar-refractivity contribution in [1.29, 1.82) is 5.26 Å². The lowest BCUT2D eigenvalue weighted by atomic mass is 10.1. The second-order valence-corrected chi connectivity index (χ2v) is 4.62. The molecule has 0 spiro atoms. The molecule has 2 unspecified atom stereocenters. The first-order chi connectivity index (χ1) is 8.61. The van der Waals surface area contributed by atoms with Gasteiger partial charge in [0.05, 0.1) is 4.92 Å². The zero-order chi connectivity index (χ0) is 13.1. The van der Waals surface area contributed by atoms with Gasteiger partial charge in [-0.15, -0.1) is 0 Å². The molecule has 0 saturated heterocycles. The van der Waals surface area contributed by atoms with Crippen LogP contribution in [-0.4, -0.2) is 15.9 Å². The summed E-state index contributed by atoms with van der Waals surface area (Å²) in [6.07, 6.45) is 4.55. The number of hydrogen-bond acceptors (Lipinski definition) is 5. The smallest absolute Gasteiger partial charge is 0.289 e. The Balaban J connectivity index is 2.23. The summed E-state index contributed by atoms with van der Waals surface area (Å²) in [5.41, 5.74) is 0.0693. The maximum atomic E-state index is 10.6. The molecule has 1 aromatic rings. The Labute approximate surface area is 105 Å². The van der Waals surface area contributed by atoms with Gasteiger partial charge in [0.2, 0.25) is 0 Å². The van der Waals surface area contributed by atoms with Gasteiger partial charge in [0, 0.05) is 12.1 Å². The molecule has 0 aromatic carbocycles. The van der Waals surface area contributed by atoms with Gasteiger partial charge in [-0.25, -0.2) is 4.98 Å². The number of nitrogens with zero attached hydrogens (tertiary/aromatic N) is 3. The molecule has 1 aromatic heterocycles. The fourth-order valence-corrected chi connectivity index (χ4v) is 2.29. The van der Waals surface area contributed by atoms with Gasteiger partial charge in [-0.1, -0.05) is 13.3 Å². The normalized spacial score (nSPS) is 22.4. The molecule has 1 saturated carbocycles. The number of pyridine rings is 1. The largest absolute Gasteiger partial charge is 0.366 e. The zero-order valence-electron chi connectivity index (χ0n) is 10.1. The van der Waals surface area contributed by atoms with E-state index in [4.69, 9.17) is 5.26 Å². The van der Waals surface area contributed by atoms with E-state index < -0.39 is 4.92 Å². The van der Waals surface area contributed by atoms with Gasteiger partial charge in [0.25, 0.3) is 5.69 Å². The van der Waals surface area contributed by atoms with Crippen LogP contribution in [0.4, 0.5) is 11.5 Å². The molecule has 2 rings (SSSR count). The van der Waals surface area contributed by atoms with Gasteiger partial charge >= 0.3 is 0 Å². The summed E-state index contributed by atoms with van der Waals surface area (Å²) in [4.78, 5) is 14.1. The monoisotopic (exact) mass is 246 g/mol. The number of nitrogens with one attached hydrogen (secondary N) is 1. The van der Waals surface area contributed by atoms with Gasteiger partial charge in [0.15, 0.2) is 0 Å². The summed E-state index contributed by atoms with van der Waals surface area (Å²) in [6.45, 7) is 2.15. The topological polar surface area (TPSA) is 91.8 Å². The van der Waals surface area contributed by atoms with E-state index in [0.29, 0.717) is 17.8 Å². The number of anilines is 1. The van der Waals surface area contributed by atoms with Crippen LogP contribution in [0.25, 0.3) is 0 Å². The minimum atomic E-state index is -0.546. The molecular weight excluding hydrogens is 232 g/mol. The second kappa shape index (κ2) is 5.00. The molecule has 6 heteroatoms. The van der Waals surface area contributed by atoms with Crippen LogP contribution in [0.15, 0.2) is 12.3 Å². The van der Waals surface area contributed by atoms with E-state index in [9.17, 15) is 10.1 Å². The van der Waals surface area contributed by atoms with E-state index in [0.717, 1.165) is 19.3 Å². The lowest BCUT2D eigenvalue weighted by molar-refractivity contribution is -0.385. The second-order valence-electron chi connectivity index (χ2n) is 4.62. The Morgan fingerprint density at radius 3 is 2.94 bits per heavy atom. The molecule has 6 nitrogen and oxygen atoms in total. The Morgan fingerprint density at radius 1 is 1.61 bits per heavy atom. The van der Waals surface area contributed by atoms with Crippen LogP contribution in [0.3, 0.4) is 0 Å². The van der Waals surface area contributed by atoms with Crippen molar-refractivity contribution in [2.24, 2.45) is 5.92 Å². The van der Waals surface area contributed by atoms with Gasteiger partial charge < -0.3 is 5.32 Å². The van der Waals surface area contributed by atoms with Gasteiger partial charge in [-0.05, 0) is 18.8 Å². The van der Waals surface area contributed by atoms with E-state index in [2.05, 4.69) is 17.2 Å². The highest BCUT2D eigenvalue weighted by Crippen LogP contribution is 2.29. The van der Waals surface area contributed by atoms with Crippen molar-refractivity contribution in [1.82, 2.24) is 4.98 Å². The highest BCUT2D eigenvalue weighted by molar-refractivity contribution is 5.56. The lowest BCUT2D eigenvalue weighted by Crippen LogP contribution is -2.23. The molecule has 0 aliphatic heterocycles. The van der Waals surface area contributed by atoms with Crippen molar-refractivity contribution in [3.8, 4) is 6.07 Å². The number of hydrogen-bond donors (Lipinski definition) is 1. The maximum absolute atomic E-state index is 10.6. The Kier molecular flexibility index (Phi) is 3.42. The first-order valence-electron chi connectivity index (χ1n) is 5.93. The standard InChI is InChI=1S/C12H14N4O2/c1-8-3-2-4-11(8)15-12-9(6-13)5-10(7-14-12)16(17)18/h5,7-8,11H,2-4H2,1H3,(H,14,15). The molecule has 94 valence electrons. The van der Waals surface area contributed by atoms with Gasteiger partial charge in [-0.3, -0.25) is 10.1 Å². The molecular formula is C12H14N4O2. The summed E-state index contributed by atoms with van der Waals surface area (Å²) in [6, 6.07) is 3.51. The zero-order valence-corrected chi connectivity index (χ0v) is 10.1. The Hall–Kier alpha value is -2.16. The summed E-state index contributed by atoms with van der Waals surface area (Å²) in [5, 5.41) is 22.8. The van der Waals surface area contributed by atoms with E-state index in [1.54, 1.807) is 0 Å². The van der Waals surface area contributed by atoms with Crippen LogP contribution in [0.2, 0.25) is 0 Å². The molecule has 0 bridgehead atoms. The van der Waals surface area contributed by atoms with Crippen molar-refractivity contribution < 1.29 is 4.92 Å². The summed E-state index contributed by atoms with van der Waals surface area (Å²) in [5.74, 6) is 0.982. The van der Waals surface area contributed by atoms with E-state index in [-0.39, 0.29) is 11.3 Å².